The van der Waals surface area contributed by atoms with Crippen LogP contribution in [0.25, 0.3) is 0 Å². The summed E-state index contributed by atoms with van der Waals surface area (Å²) in [5, 5.41) is 24.0. The van der Waals surface area contributed by atoms with E-state index in [4.69, 9.17) is 15.3 Å². The van der Waals surface area contributed by atoms with Crippen LogP contribution in [0.2, 0.25) is 0 Å². The van der Waals surface area contributed by atoms with E-state index in [0.717, 1.165) is 0 Å². The van der Waals surface area contributed by atoms with Crippen molar-refractivity contribution >= 4 is 37.7 Å². The fourth-order valence-corrected chi connectivity index (χ4v) is 0.0577. The average Bonchev–Trinajstić information content (AvgIpc) is 1.65. The molecule has 4 heteroatoms. The zero-order valence-corrected chi connectivity index (χ0v) is 3.33. The molecular weight excluding hydrogens is 124 g/mol. The topological polar surface area (TPSA) is 60.7 Å². The quantitative estimate of drug-likeness (QED) is 0.363. The summed E-state index contributed by atoms with van der Waals surface area (Å²) in [6.07, 6.45) is -0.954. The molecule has 0 spiro atoms. The summed E-state index contributed by atoms with van der Waals surface area (Å²) in [7, 11) is 0. The number of hydrogen-bond donors (Lipinski definition) is 3. The van der Waals surface area contributed by atoms with Gasteiger partial charge in [0, 0.05) is 0 Å². The molecule has 0 atom stereocenters. The number of rotatable bonds is 2. The van der Waals surface area contributed by atoms with Gasteiger partial charge in [-0.15, -0.1) is 0 Å². The third-order valence-electron chi connectivity index (χ3n) is 0.421. The van der Waals surface area contributed by atoms with Crippen LogP contribution in [0.1, 0.15) is 0 Å². The molecule has 0 unspecified atom stereocenters. The van der Waals surface area contributed by atoms with E-state index in [2.05, 4.69) is 0 Å². The van der Waals surface area contributed by atoms with Crippen LogP contribution in [0.3, 0.4) is 0 Å². The average molecular weight is 134 g/mol. The summed E-state index contributed by atoms with van der Waals surface area (Å²) in [4.78, 5) is 0. The summed E-state index contributed by atoms with van der Waals surface area (Å²) >= 11 is 0. The van der Waals surface area contributed by atoms with Crippen LogP contribution in [-0.4, -0.2) is 72.4 Å². The van der Waals surface area contributed by atoms with Crippen LogP contribution in [-0.2, 0) is 0 Å². The molecule has 42 valence electrons. The van der Waals surface area contributed by atoms with Crippen molar-refractivity contribution in [3.05, 3.63) is 0 Å². The Morgan fingerprint density at radius 2 is 1.43 bits per heavy atom. The zero-order chi connectivity index (χ0) is 4.99. The molecule has 0 saturated carbocycles. The summed E-state index contributed by atoms with van der Waals surface area (Å²) in [6, 6.07) is 0. The molecule has 0 aliphatic carbocycles. The van der Waals surface area contributed by atoms with Gasteiger partial charge in [-0.3, -0.25) is 0 Å². The van der Waals surface area contributed by atoms with E-state index < -0.39 is 6.10 Å². The van der Waals surface area contributed by atoms with Crippen LogP contribution in [0.15, 0.2) is 0 Å². The minimum absolute atomic E-state index is 0. The van der Waals surface area contributed by atoms with Gasteiger partial charge in [-0.2, -0.15) is 0 Å². The molecule has 0 aliphatic heterocycles. The van der Waals surface area contributed by atoms with Gasteiger partial charge in [-0.25, -0.2) is 0 Å². The third kappa shape index (κ3) is 7.14. The molecule has 0 aromatic heterocycles. The fraction of sp³-hybridized carbons (Fsp3) is 1.00. The molecule has 0 bridgehead atoms. The van der Waals surface area contributed by atoms with Crippen molar-refractivity contribution < 1.29 is 15.3 Å². The SMILES string of the molecule is OCC(O)CO.[CaH2]. The van der Waals surface area contributed by atoms with Gasteiger partial charge in [0.1, 0.15) is 6.10 Å². The maximum atomic E-state index is 8.17. The molecule has 0 saturated heterocycles. The van der Waals surface area contributed by atoms with E-state index in [9.17, 15) is 0 Å². The van der Waals surface area contributed by atoms with Crippen molar-refractivity contribution in [3.8, 4) is 0 Å². The number of hydrogen-bond acceptors (Lipinski definition) is 3. The van der Waals surface area contributed by atoms with Gasteiger partial charge in [0.25, 0.3) is 0 Å². The summed E-state index contributed by atoms with van der Waals surface area (Å²) in [6.45, 7) is -0.729. The van der Waals surface area contributed by atoms with Crippen LogP contribution in [0, 0.1) is 0 Å². The molecule has 0 rings (SSSR count). The Hall–Kier alpha value is 1.14. The second-order valence-corrected chi connectivity index (χ2v) is 1.02. The van der Waals surface area contributed by atoms with E-state index in [-0.39, 0.29) is 51.0 Å². The Morgan fingerprint density at radius 1 is 1.14 bits per heavy atom. The summed E-state index contributed by atoms with van der Waals surface area (Å²) in [5.41, 5.74) is 0. The minimum atomic E-state index is -0.954. The Kier molecular flexibility index (Phi) is 11.2. The van der Waals surface area contributed by atoms with Gasteiger partial charge in [0.05, 0.1) is 13.2 Å². The predicted molar refractivity (Wildman–Crippen MR) is 28.7 cm³/mol. The molecule has 3 N–H and O–H groups in total. The van der Waals surface area contributed by atoms with Gasteiger partial charge in [-0.1, -0.05) is 0 Å². The molecular formula is C3H10CaO3. The predicted octanol–water partition coefficient (Wildman–Crippen LogP) is -2.58. The van der Waals surface area contributed by atoms with E-state index >= 15 is 0 Å². The van der Waals surface area contributed by atoms with Gasteiger partial charge in [0.2, 0.25) is 0 Å². The standard InChI is InChI=1S/C3H8O3.Ca.2H/c4-1-3(6)2-5;;;/h3-6H,1-2H2;;;. The molecule has 0 aromatic rings. The molecule has 3 nitrogen and oxygen atoms in total. The molecule has 7 heavy (non-hydrogen) atoms. The number of aliphatic hydroxyl groups excluding tert-OH is 3. The number of aliphatic hydroxyl groups is 3. The maximum absolute atomic E-state index is 8.17. The van der Waals surface area contributed by atoms with Crippen molar-refractivity contribution in [3.63, 3.8) is 0 Å². The van der Waals surface area contributed by atoms with E-state index in [0.29, 0.717) is 0 Å². The summed E-state index contributed by atoms with van der Waals surface area (Å²) in [5.74, 6) is 0. The second-order valence-electron chi connectivity index (χ2n) is 1.02. The van der Waals surface area contributed by atoms with E-state index in [1.54, 1.807) is 0 Å². The van der Waals surface area contributed by atoms with Crippen molar-refractivity contribution in [1.82, 2.24) is 0 Å². The first kappa shape index (κ1) is 11.0. The first-order chi connectivity index (χ1) is 2.81. The van der Waals surface area contributed by atoms with Crippen molar-refractivity contribution in [2.24, 2.45) is 0 Å². The zero-order valence-electron chi connectivity index (χ0n) is 3.33. The van der Waals surface area contributed by atoms with Crippen molar-refractivity contribution in [1.29, 1.82) is 0 Å². The van der Waals surface area contributed by atoms with Crippen molar-refractivity contribution in [2.75, 3.05) is 13.2 Å². The van der Waals surface area contributed by atoms with E-state index in [1.807, 2.05) is 0 Å². The van der Waals surface area contributed by atoms with Gasteiger partial charge in [-0.05, 0) is 0 Å². The van der Waals surface area contributed by atoms with Crippen LogP contribution < -0.4 is 0 Å². The molecule has 0 aromatic carbocycles. The third-order valence-corrected chi connectivity index (χ3v) is 0.421. The second kappa shape index (κ2) is 7.14. The van der Waals surface area contributed by atoms with Crippen LogP contribution >= 0.6 is 0 Å². The molecule has 0 heterocycles. The molecule has 0 radical (unpaired) electrons. The fourth-order valence-electron chi connectivity index (χ4n) is 0.0577. The Balaban J connectivity index is 0. The molecule has 0 amide bonds. The Morgan fingerprint density at radius 3 is 1.43 bits per heavy atom. The molecule has 0 fully saturated rings. The van der Waals surface area contributed by atoms with Crippen molar-refractivity contribution in [2.45, 2.75) is 6.10 Å². The van der Waals surface area contributed by atoms with Crippen LogP contribution in [0.4, 0.5) is 0 Å². The monoisotopic (exact) mass is 134 g/mol. The first-order valence-corrected chi connectivity index (χ1v) is 1.71. The first-order valence-electron chi connectivity index (χ1n) is 1.71. The van der Waals surface area contributed by atoms with E-state index in [1.165, 1.54) is 0 Å². The van der Waals surface area contributed by atoms with Gasteiger partial charge >= 0.3 is 37.7 Å². The molecule has 0 aliphatic rings. The summed E-state index contributed by atoms with van der Waals surface area (Å²) < 4.78 is 0. The van der Waals surface area contributed by atoms with Gasteiger partial charge < -0.3 is 15.3 Å². The Bertz CT molecular complexity index is 29.4. The Labute approximate surface area is 72.0 Å². The van der Waals surface area contributed by atoms with Crippen LogP contribution in [0.5, 0.6) is 0 Å². The van der Waals surface area contributed by atoms with Gasteiger partial charge in [0.15, 0.2) is 0 Å². The normalized spacial score (nSPS) is 8.57.